The lowest BCUT2D eigenvalue weighted by Gasteiger charge is -2.49. The van der Waals surface area contributed by atoms with Crippen molar-refractivity contribution < 1.29 is 27.2 Å². The molecule has 1 amide bonds. The molecule has 3 unspecified atom stereocenters. The van der Waals surface area contributed by atoms with Gasteiger partial charge in [-0.05, 0) is 56.2 Å². The highest BCUT2D eigenvalue weighted by atomic mass is 19.4. The number of aryl methyl sites for hydroxylation is 1. The molecular weight excluding hydrogens is 451 g/mol. The number of aromatic nitrogens is 4. The van der Waals surface area contributed by atoms with E-state index in [-0.39, 0.29) is 36.4 Å². The van der Waals surface area contributed by atoms with Crippen molar-refractivity contribution in [2.24, 2.45) is 11.8 Å². The van der Waals surface area contributed by atoms with Crippen LogP contribution in [0.3, 0.4) is 0 Å². The van der Waals surface area contributed by atoms with Gasteiger partial charge < -0.3 is 14.2 Å². The van der Waals surface area contributed by atoms with Crippen molar-refractivity contribution in [1.29, 1.82) is 0 Å². The second-order valence-corrected chi connectivity index (χ2v) is 8.67. The number of hydrogen-bond acceptors (Lipinski definition) is 7. The number of carbonyl (C=O) groups excluding carboxylic acids is 1. The van der Waals surface area contributed by atoms with Gasteiger partial charge in [-0.3, -0.25) is 4.79 Å². The van der Waals surface area contributed by atoms with Crippen molar-refractivity contribution in [3.05, 3.63) is 53.6 Å². The molecule has 8 nitrogen and oxygen atoms in total. The maximum Gasteiger partial charge on any atom is 0.433 e. The number of benzene rings is 1. The number of carbonyl (C=O) groups is 1. The second kappa shape index (κ2) is 8.69. The zero-order chi connectivity index (χ0) is 23.9. The first-order chi connectivity index (χ1) is 16.3. The molecule has 178 valence electrons. The highest BCUT2D eigenvalue weighted by Gasteiger charge is 2.43. The quantitative estimate of drug-likeness (QED) is 0.549. The van der Waals surface area contributed by atoms with Gasteiger partial charge in [0.2, 0.25) is 0 Å². The molecule has 6 rings (SSSR count). The molecule has 1 saturated carbocycles. The van der Waals surface area contributed by atoms with E-state index in [1.54, 1.807) is 25.1 Å². The van der Waals surface area contributed by atoms with Crippen LogP contribution in [0.2, 0.25) is 0 Å². The number of halogens is 3. The molecule has 2 aliphatic heterocycles. The number of fused-ring (bicyclic) bond motifs is 3. The van der Waals surface area contributed by atoms with Crippen molar-refractivity contribution in [2.75, 3.05) is 13.2 Å². The highest BCUT2D eigenvalue weighted by Crippen LogP contribution is 2.41. The monoisotopic (exact) mass is 473 g/mol. The van der Waals surface area contributed by atoms with Crippen LogP contribution in [-0.2, 0) is 6.18 Å². The van der Waals surface area contributed by atoms with Gasteiger partial charge in [0.15, 0.2) is 11.5 Å². The Hall–Kier alpha value is -3.50. The minimum atomic E-state index is -4.55. The van der Waals surface area contributed by atoms with Gasteiger partial charge in [0.05, 0.1) is 17.7 Å². The molecule has 1 aromatic carbocycles. The molecule has 3 fully saturated rings. The van der Waals surface area contributed by atoms with Crippen LogP contribution in [-0.4, -0.2) is 50.1 Å². The third-order valence-electron chi connectivity index (χ3n) is 6.51. The standard InChI is InChI=1S/C23H22F3N5O3/c1-13-28-20(34-30-13)17-4-2-3-5-18(17)21(32)31-11-14-6-7-16(31)10-15(14)12-33-22-27-9-8-19(29-22)23(24,25)26/h2-5,8-9,14-16H,6-7,10-12H2,1H3. The zero-order valence-electron chi connectivity index (χ0n) is 18.3. The summed E-state index contributed by atoms with van der Waals surface area (Å²) in [7, 11) is 0. The van der Waals surface area contributed by atoms with Gasteiger partial charge in [0, 0.05) is 18.8 Å². The van der Waals surface area contributed by atoms with Crippen LogP contribution in [0.15, 0.2) is 41.1 Å². The van der Waals surface area contributed by atoms with Crippen LogP contribution in [0.5, 0.6) is 6.01 Å². The number of piperidine rings is 2. The van der Waals surface area contributed by atoms with Crippen molar-refractivity contribution in [2.45, 2.75) is 38.4 Å². The predicted molar refractivity (Wildman–Crippen MR) is 113 cm³/mol. The van der Waals surface area contributed by atoms with Crippen molar-refractivity contribution in [3.8, 4) is 17.5 Å². The molecule has 4 heterocycles. The minimum Gasteiger partial charge on any atom is -0.463 e. The molecule has 11 heteroatoms. The fraction of sp³-hybridized carbons (Fsp3) is 0.435. The van der Waals surface area contributed by atoms with E-state index >= 15 is 0 Å². The fourth-order valence-electron chi connectivity index (χ4n) is 4.85. The van der Waals surface area contributed by atoms with Gasteiger partial charge in [-0.25, -0.2) is 4.98 Å². The van der Waals surface area contributed by atoms with E-state index in [1.807, 2.05) is 11.0 Å². The molecule has 0 radical (unpaired) electrons. The van der Waals surface area contributed by atoms with Crippen LogP contribution < -0.4 is 4.74 Å². The summed E-state index contributed by atoms with van der Waals surface area (Å²) in [5.41, 5.74) is 0.0644. The Morgan fingerprint density at radius 2 is 2.03 bits per heavy atom. The first-order valence-corrected chi connectivity index (χ1v) is 11.0. The molecule has 34 heavy (non-hydrogen) atoms. The Morgan fingerprint density at radius 3 is 2.74 bits per heavy atom. The summed E-state index contributed by atoms with van der Waals surface area (Å²) in [6.07, 6.45) is -1.01. The van der Waals surface area contributed by atoms with Gasteiger partial charge in [0.25, 0.3) is 11.8 Å². The van der Waals surface area contributed by atoms with Gasteiger partial charge in [0.1, 0.15) is 0 Å². The third-order valence-corrected chi connectivity index (χ3v) is 6.51. The van der Waals surface area contributed by atoms with E-state index in [0.717, 1.165) is 25.1 Å². The normalized spacial score (nSPS) is 22.1. The molecule has 3 atom stereocenters. The maximum absolute atomic E-state index is 13.5. The lowest BCUT2D eigenvalue weighted by molar-refractivity contribution is -0.141. The Kier molecular flexibility index (Phi) is 5.70. The van der Waals surface area contributed by atoms with E-state index in [2.05, 4.69) is 20.1 Å². The Balaban J connectivity index is 1.27. The van der Waals surface area contributed by atoms with E-state index in [4.69, 9.17) is 9.26 Å². The number of hydrogen-bond donors (Lipinski definition) is 0. The molecular formula is C23H22F3N5O3. The first-order valence-electron chi connectivity index (χ1n) is 11.0. The molecule has 0 spiro atoms. The number of ether oxygens (including phenoxy) is 1. The molecule has 2 bridgehead atoms. The summed E-state index contributed by atoms with van der Waals surface area (Å²) >= 11 is 0. The van der Waals surface area contributed by atoms with Gasteiger partial charge in [-0.1, -0.05) is 17.3 Å². The number of rotatable bonds is 5. The van der Waals surface area contributed by atoms with Gasteiger partial charge in [-0.2, -0.15) is 23.1 Å². The van der Waals surface area contributed by atoms with Crippen LogP contribution in [0.25, 0.3) is 11.5 Å². The van der Waals surface area contributed by atoms with Crippen LogP contribution in [0.1, 0.15) is 41.1 Å². The average Bonchev–Trinajstić information content (AvgIpc) is 3.28. The fourth-order valence-corrected chi connectivity index (χ4v) is 4.85. The second-order valence-electron chi connectivity index (χ2n) is 8.67. The topological polar surface area (TPSA) is 94.2 Å². The molecule has 1 aliphatic carbocycles. The molecule has 0 N–H and O–H groups in total. The Labute approximate surface area is 193 Å². The largest absolute Gasteiger partial charge is 0.463 e. The molecule has 3 aliphatic rings. The first kappa shape index (κ1) is 22.3. The van der Waals surface area contributed by atoms with Crippen molar-refractivity contribution in [1.82, 2.24) is 25.0 Å². The van der Waals surface area contributed by atoms with Crippen molar-refractivity contribution >= 4 is 5.91 Å². The van der Waals surface area contributed by atoms with Crippen LogP contribution >= 0.6 is 0 Å². The van der Waals surface area contributed by atoms with E-state index in [1.165, 1.54) is 0 Å². The highest BCUT2D eigenvalue weighted by molar-refractivity contribution is 6.00. The summed E-state index contributed by atoms with van der Waals surface area (Å²) in [6.45, 7) is 2.48. The SMILES string of the molecule is Cc1noc(-c2ccccc2C(=O)N2CC3CCC2CC3COc2nccc(C(F)(F)F)n2)n1. The molecule has 2 saturated heterocycles. The predicted octanol–water partition coefficient (Wildman–Crippen LogP) is 4.17. The smallest absolute Gasteiger partial charge is 0.433 e. The minimum absolute atomic E-state index is 0.0194. The average molecular weight is 473 g/mol. The van der Waals surface area contributed by atoms with E-state index < -0.39 is 11.9 Å². The summed E-state index contributed by atoms with van der Waals surface area (Å²) in [4.78, 5) is 26.9. The Morgan fingerprint density at radius 1 is 1.21 bits per heavy atom. The molecule has 2 aromatic heterocycles. The molecule has 3 aromatic rings. The third kappa shape index (κ3) is 4.34. The maximum atomic E-state index is 13.5. The number of nitrogens with zero attached hydrogens (tertiary/aromatic N) is 5. The van der Waals surface area contributed by atoms with Crippen molar-refractivity contribution in [3.63, 3.8) is 0 Å². The van der Waals surface area contributed by atoms with Crippen LogP contribution in [0.4, 0.5) is 13.2 Å². The summed E-state index contributed by atoms with van der Waals surface area (Å²) in [5.74, 6) is 0.979. The van der Waals surface area contributed by atoms with Crippen LogP contribution in [0, 0.1) is 18.8 Å². The summed E-state index contributed by atoms with van der Waals surface area (Å²) < 4.78 is 49.5. The van der Waals surface area contributed by atoms with Gasteiger partial charge in [-0.15, -0.1) is 0 Å². The lowest BCUT2D eigenvalue weighted by Crippen LogP contribution is -2.55. The summed E-state index contributed by atoms with van der Waals surface area (Å²) in [5, 5.41) is 3.82. The summed E-state index contributed by atoms with van der Waals surface area (Å²) in [6, 6.07) is 7.70. The van der Waals surface area contributed by atoms with E-state index in [9.17, 15) is 18.0 Å². The number of alkyl halides is 3. The lowest BCUT2D eigenvalue weighted by atomic mass is 9.72. The number of amides is 1. The Bertz CT molecular complexity index is 1200. The van der Waals surface area contributed by atoms with Gasteiger partial charge >= 0.3 is 12.2 Å². The zero-order valence-corrected chi connectivity index (χ0v) is 18.3. The van der Waals surface area contributed by atoms with E-state index in [0.29, 0.717) is 35.8 Å².